The average Bonchev–Trinajstić information content (AvgIpc) is 2.77. The molecule has 4 aromatic rings. The third kappa shape index (κ3) is 3.28. The minimum absolute atomic E-state index is 0.894. The van der Waals surface area contributed by atoms with Crippen LogP contribution in [0.2, 0.25) is 0 Å². The summed E-state index contributed by atoms with van der Waals surface area (Å²) in [6.07, 6.45) is 0.894. The average molecular weight is 512 g/mol. The Morgan fingerprint density at radius 3 is 1.25 bits per heavy atom. The number of hydrogen-bond acceptors (Lipinski definition) is 0. The Balaban J connectivity index is 2.11. The molecule has 0 unspecified atom stereocenters. The third-order valence-electron chi connectivity index (χ3n) is 5.31. The summed E-state index contributed by atoms with van der Waals surface area (Å²) < 4.78 is 1.14. The van der Waals surface area contributed by atoms with Crippen molar-refractivity contribution in [3.8, 4) is 0 Å². The van der Waals surface area contributed by atoms with E-state index in [1.165, 1.54) is 21.5 Å². The molecule has 0 N–H and O–H groups in total. The van der Waals surface area contributed by atoms with Crippen molar-refractivity contribution in [1.29, 1.82) is 0 Å². The van der Waals surface area contributed by atoms with Gasteiger partial charge in [0.2, 0.25) is 0 Å². The molecule has 0 spiro atoms. The van der Waals surface area contributed by atoms with E-state index in [0.29, 0.717) is 0 Å². The molecule has 0 aliphatic rings. The van der Waals surface area contributed by atoms with Crippen LogP contribution < -0.4 is 15.9 Å². The normalized spacial score (nSPS) is 12.9. The van der Waals surface area contributed by atoms with E-state index >= 15 is 0 Å². The molecule has 0 nitrogen and oxygen atoms in total. The quantitative estimate of drug-likeness (QED) is 0.259. The predicted octanol–water partition coefficient (Wildman–Crippen LogP) is 6.79. The van der Waals surface area contributed by atoms with Crippen LogP contribution in [0, 0.1) is 0 Å². The summed E-state index contributed by atoms with van der Waals surface area (Å²) in [5.74, 6) is 0. The van der Waals surface area contributed by atoms with Gasteiger partial charge in [-0.15, -0.1) is 0 Å². The summed E-state index contributed by atoms with van der Waals surface area (Å²) in [7, 11) is 0. The number of halogens is 2. The fourth-order valence-electron chi connectivity index (χ4n) is 3.88. The van der Waals surface area contributed by atoms with Gasteiger partial charge in [-0.25, -0.2) is 0 Å². The first-order valence-electron chi connectivity index (χ1n) is 9.26. The van der Waals surface area contributed by atoms with Gasteiger partial charge in [0, 0.05) is 0 Å². The summed E-state index contributed by atoms with van der Waals surface area (Å²) in [6.45, 7) is 0. The monoisotopic (exact) mass is 510 g/mol. The van der Waals surface area contributed by atoms with Gasteiger partial charge in [0.05, 0.1) is 0 Å². The zero-order valence-electron chi connectivity index (χ0n) is 15.4. The van der Waals surface area contributed by atoms with E-state index in [1.807, 2.05) is 0 Å². The van der Waals surface area contributed by atoms with Crippen LogP contribution in [0.25, 0.3) is 0 Å². The van der Waals surface area contributed by atoms with Crippen LogP contribution in [0.3, 0.4) is 0 Å². The van der Waals surface area contributed by atoms with Crippen molar-refractivity contribution in [1.82, 2.24) is 0 Å². The fourth-order valence-corrected chi connectivity index (χ4v) is 12.2. The molecule has 0 radical (unpaired) electrons. The van der Waals surface area contributed by atoms with Crippen molar-refractivity contribution in [2.45, 2.75) is 6.16 Å². The van der Waals surface area contributed by atoms with E-state index in [0.717, 1.165) is 10.6 Å². The van der Waals surface area contributed by atoms with E-state index in [2.05, 4.69) is 147 Å². The SMILES string of the molecule is Brc1ccccc1CP(Br)(c1ccccc1)(c1ccccc1)c1ccccc1. The molecule has 140 valence electrons. The van der Waals surface area contributed by atoms with Gasteiger partial charge in [0.25, 0.3) is 0 Å². The van der Waals surface area contributed by atoms with Crippen LogP contribution in [0.1, 0.15) is 5.56 Å². The van der Waals surface area contributed by atoms with Gasteiger partial charge in [-0.3, -0.25) is 0 Å². The summed E-state index contributed by atoms with van der Waals surface area (Å²) in [5, 5.41) is 1.07. The van der Waals surface area contributed by atoms with Crippen LogP contribution in [0.4, 0.5) is 0 Å². The standard InChI is InChI=1S/C25H21Br2P/c26-25-19-11-10-12-21(25)20-28(27,22-13-4-1-5-14-22,23-15-6-2-7-16-23)24-17-8-3-9-18-24/h1-19H,20H2. The van der Waals surface area contributed by atoms with Crippen molar-refractivity contribution < 1.29 is 0 Å². The first kappa shape index (κ1) is 19.6. The second-order valence-corrected chi connectivity index (χ2v) is 16.7. The summed E-state index contributed by atoms with van der Waals surface area (Å²) >= 11 is 8.29. The Bertz CT molecular complexity index is 964. The first-order valence-corrected chi connectivity index (χ1v) is 14.5. The molecule has 4 aromatic carbocycles. The van der Waals surface area contributed by atoms with Crippen molar-refractivity contribution >= 4 is 52.6 Å². The zero-order valence-corrected chi connectivity index (χ0v) is 19.4. The van der Waals surface area contributed by atoms with Crippen molar-refractivity contribution in [3.63, 3.8) is 0 Å². The summed E-state index contributed by atoms with van der Waals surface area (Å²) in [5.41, 5.74) is 1.30. The van der Waals surface area contributed by atoms with E-state index in [9.17, 15) is 0 Å². The number of hydrogen-bond donors (Lipinski definition) is 0. The van der Waals surface area contributed by atoms with Gasteiger partial charge in [0.15, 0.2) is 0 Å². The predicted molar refractivity (Wildman–Crippen MR) is 132 cm³/mol. The maximum atomic E-state index is 4.50. The molecule has 0 aliphatic heterocycles. The van der Waals surface area contributed by atoms with Gasteiger partial charge < -0.3 is 0 Å². The zero-order chi connectivity index (χ0) is 19.5. The molecule has 0 saturated carbocycles. The van der Waals surface area contributed by atoms with Crippen molar-refractivity contribution in [2.24, 2.45) is 0 Å². The minimum atomic E-state index is -2.93. The Morgan fingerprint density at radius 2 is 0.857 bits per heavy atom. The topological polar surface area (TPSA) is 0 Å². The molecule has 0 saturated heterocycles. The maximum absolute atomic E-state index is 4.50. The molecule has 3 heteroatoms. The third-order valence-corrected chi connectivity index (χ3v) is 15.6. The Labute approximate surface area is 183 Å². The van der Waals surface area contributed by atoms with Crippen molar-refractivity contribution in [3.05, 3.63) is 125 Å². The fraction of sp³-hybridized carbons (Fsp3) is 0.0400. The molecule has 0 bridgehead atoms. The van der Waals surface area contributed by atoms with Gasteiger partial charge in [-0.1, -0.05) is 0 Å². The van der Waals surface area contributed by atoms with Crippen LogP contribution in [0.5, 0.6) is 0 Å². The molecule has 0 amide bonds. The van der Waals surface area contributed by atoms with Gasteiger partial charge in [0.1, 0.15) is 0 Å². The van der Waals surface area contributed by atoms with Gasteiger partial charge in [-0.2, -0.15) is 0 Å². The molecule has 0 aromatic heterocycles. The second kappa shape index (κ2) is 7.95. The Morgan fingerprint density at radius 1 is 0.500 bits per heavy atom. The van der Waals surface area contributed by atoms with Crippen LogP contribution in [-0.2, 0) is 6.16 Å². The van der Waals surface area contributed by atoms with Crippen LogP contribution >= 0.6 is 36.7 Å². The number of rotatable bonds is 5. The summed E-state index contributed by atoms with van der Waals surface area (Å²) in [4.78, 5) is 0. The molecule has 0 heterocycles. The molecular weight excluding hydrogens is 491 g/mol. The van der Waals surface area contributed by atoms with Gasteiger partial charge >= 0.3 is 184 Å². The molecule has 0 aliphatic carbocycles. The van der Waals surface area contributed by atoms with E-state index in [-0.39, 0.29) is 0 Å². The van der Waals surface area contributed by atoms with Gasteiger partial charge in [-0.05, 0) is 0 Å². The number of benzene rings is 4. The van der Waals surface area contributed by atoms with Crippen molar-refractivity contribution in [2.75, 3.05) is 0 Å². The van der Waals surface area contributed by atoms with Crippen LogP contribution in [0.15, 0.2) is 120 Å². The molecule has 28 heavy (non-hydrogen) atoms. The molecule has 4 rings (SSSR count). The Hall–Kier alpha value is -1.73. The molecule has 0 atom stereocenters. The van der Waals surface area contributed by atoms with E-state index in [1.54, 1.807) is 0 Å². The van der Waals surface area contributed by atoms with E-state index < -0.39 is 5.31 Å². The molecule has 0 fully saturated rings. The summed E-state index contributed by atoms with van der Waals surface area (Å²) in [6, 6.07) is 41.3. The Kier molecular flexibility index (Phi) is 5.56. The molecular formula is C25H21Br2P. The van der Waals surface area contributed by atoms with E-state index in [4.69, 9.17) is 0 Å². The second-order valence-electron chi connectivity index (χ2n) is 6.94. The first-order chi connectivity index (χ1) is 13.6. The van der Waals surface area contributed by atoms with Crippen LogP contribution in [-0.4, -0.2) is 0 Å².